The number of nitrogens with one attached hydrogen (secondary N) is 2. The second-order valence-electron chi connectivity index (χ2n) is 7.66. The highest BCUT2D eigenvalue weighted by Crippen LogP contribution is 2.39. The van der Waals surface area contributed by atoms with Crippen molar-refractivity contribution in [1.29, 1.82) is 0 Å². The Morgan fingerprint density at radius 1 is 1.18 bits per heavy atom. The van der Waals surface area contributed by atoms with Gasteiger partial charge < -0.3 is 14.8 Å². The van der Waals surface area contributed by atoms with E-state index in [-0.39, 0.29) is 26.7 Å². The molecule has 0 spiro atoms. The van der Waals surface area contributed by atoms with Gasteiger partial charge in [-0.3, -0.25) is 4.79 Å². The van der Waals surface area contributed by atoms with E-state index >= 15 is 0 Å². The van der Waals surface area contributed by atoms with Crippen molar-refractivity contribution in [1.82, 2.24) is 10.4 Å². The number of hydrazine groups is 1. The molecule has 3 aromatic rings. The molecule has 0 atom stereocenters. The number of methoxy groups -OCH3 is 1. The molecule has 2 N–H and O–H groups in total. The Balaban J connectivity index is 1.46. The molecule has 0 radical (unpaired) electrons. The van der Waals surface area contributed by atoms with Crippen LogP contribution >= 0.6 is 63.1 Å². The highest BCUT2D eigenvalue weighted by atomic mass is 79.9. The SMILES string of the molecule is COc1cc(/C=C2/SC(=S)N(NC(=O)Nc3ccc(Cl)c(Cl)c3)C2=O)cc(Br)c1OCc1cccc(F)c1. The largest absolute Gasteiger partial charge is 0.493 e. The van der Waals surface area contributed by atoms with E-state index in [1.807, 2.05) is 0 Å². The Hall–Kier alpha value is -2.83. The number of thioether (sulfide) groups is 1. The summed E-state index contributed by atoms with van der Waals surface area (Å²) in [6.45, 7) is 0.126. The van der Waals surface area contributed by atoms with E-state index in [0.29, 0.717) is 37.8 Å². The molecule has 7 nitrogen and oxygen atoms in total. The molecule has 3 amide bonds. The van der Waals surface area contributed by atoms with Crippen LogP contribution in [0, 0.1) is 5.82 Å². The lowest BCUT2D eigenvalue weighted by Crippen LogP contribution is -2.46. The average Bonchev–Trinajstić information content (AvgIpc) is 3.12. The number of nitrogens with zero attached hydrogens (tertiary/aromatic N) is 1. The minimum Gasteiger partial charge on any atom is -0.493 e. The standard InChI is InChI=1S/C25H17BrCl2FN3O4S2/c1-35-20-9-14(8-17(26)22(20)36-12-13-3-2-4-15(29)7-13)10-21-23(33)32(25(37)38-21)31-24(34)30-16-5-6-18(27)19(28)11-16/h2-11H,12H2,1H3,(H2,30,31,34)/b21-10+. The van der Waals surface area contributed by atoms with Crippen LogP contribution in [-0.2, 0) is 11.4 Å². The highest BCUT2D eigenvalue weighted by molar-refractivity contribution is 9.10. The number of ether oxygens (including phenoxy) is 2. The molecule has 3 aromatic carbocycles. The number of halogens is 4. The predicted octanol–water partition coefficient (Wildman–Crippen LogP) is 7.42. The summed E-state index contributed by atoms with van der Waals surface area (Å²) < 4.78 is 25.5. The first-order valence-electron chi connectivity index (χ1n) is 10.7. The number of rotatable bonds is 7. The Morgan fingerprint density at radius 2 is 1.97 bits per heavy atom. The minimum atomic E-state index is -0.690. The van der Waals surface area contributed by atoms with Crippen LogP contribution in [-0.4, -0.2) is 28.4 Å². The highest BCUT2D eigenvalue weighted by Gasteiger charge is 2.33. The van der Waals surface area contributed by atoms with Gasteiger partial charge in [-0.1, -0.05) is 47.1 Å². The van der Waals surface area contributed by atoms with E-state index in [4.69, 9.17) is 44.9 Å². The minimum absolute atomic E-state index is 0.126. The first kappa shape index (κ1) is 28.2. The molecular weight excluding hydrogens is 640 g/mol. The van der Waals surface area contributed by atoms with Crippen LogP contribution in [0.2, 0.25) is 10.0 Å². The molecule has 1 heterocycles. The van der Waals surface area contributed by atoms with E-state index in [1.54, 1.807) is 36.4 Å². The van der Waals surface area contributed by atoms with Crippen molar-refractivity contribution in [2.75, 3.05) is 12.4 Å². The number of urea groups is 1. The van der Waals surface area contributed by atoms with E-state index < -0.39 is 11.9 Å². The number of thiocarbonyl (C=S) groups is 1. The normalized spacial score (nSPS) is 14.1. The van der Waals surface area contributed by atoms with Crippen LogP contribution in [0.1, 0.15) is 11.1 Å². The van der Waals surface area contributed by atoms with Crippen LogP contribution in [0.15, 0.2) is 64.0 Å². The van der Waals surface area contributed by atoms with Crippen LogP contribution in [0.5, 0.6) is 11.5 Å². The third-order valence-corrected chi connectivity index (χ3v) is 7.64. The maximum Gasteiger partial charge on any atom is 0.338 e. The molecule has 13 heteroatoms. The van der Waals surface area contributed by atoms with Crippen molar-refractivity contribution in [3.63, 3.8) is 0 Å². The molecule has 38 heavy (non-hydrogen) atoms. The topological polar surface area (TPSA) is 79.9 Å². The van der Waals surface area contributed by atoms with Gasteiger partial charge in [0, 0.05) is 5.69 Å². The zero-order valence-electron chi connectivity index (χ0n) is 19.4. The van der Waals surface area contributed by atoms with Crippen LogP contribution < -0.4 is 20.2 Å². The van der Waals surface area contributed by atoms with Crippen molar-refractivity contribution in [3.8, 4) is 11.5 Å². The molecule has 196 valence electrons. The number of carbonyl (C=O) groups is 2. The molecule has 0 aliphatic carbocycles. The van der Waals surface area contributed by atoms with Crippen LogP contribution in [0.25, 0.3) is 6.08 Å². The second-order valence-corrected chi connectivity index (χ2v) is 11.0. The van der Waals surface area contributed by atoms with Crippen LogP contribution in [0.4, 0.5) is 14.9 Å². The predicted molar refractivity (Wildman–Crippen MR) is 155 cm³/mol. The fourth-order valence-corrected chi connectivity index (χ4v) is 5.35. The molecule has 4 rings (SSSR count). The maximum atomic E-state index is 13.5. The number of hydrogen-bond donors (Lipinski definition) is 2. The number of amides is 3. The summed E-state index contributed by atoms with van der Waals surface area (Å²) in [5.74, 6) is -0.0457. The van der Waals surface area contributed by atoms with Gasteiger partial charge >= 0.3 is 6.03 Å². The summed E-state index contributed by atoms with van der Waals surface area (Å²) in [6, 6.07) is 13.4. The Labute approximate surface area is 245 Å². The quantitative estimate of drug-likeness (QED) is 0.204. The molecule has 1 fully saturated rings. The summed E-state index contributed by atoms with van der Waals surface area (Å²) in [6.07, 6.45) is 1.61. The third-order valence-electron chi connectivity index (χ3n) is 5.01. The van der Waals surface area contributed by atoms with Gasteiger partial charge in [-0.2, -0.15) is 5.01 Å². The van der Waals surface area contributed by atoms with Crippen molar-refractivity contribution in [3.05, 3.63) is 91.0 Å². The summed E-state index contributed by atoms with van der Waals surface area (Å²) >= 11 is 21.6. The molecule has 0 saturated carbocycles. The van der Waals surface area contributed by atoms with E-state index in [9.17, 15) is 14.0 Å². The van der Waals surface area contributed by atoms with Gasteiger partial charge in [0.05, 0.1) is 26.5 Å². The average molecular weight is 657 g/mol. The fourth-order valence-electron chi connectivity index (χ4n) is 3.30. The first-order valence-corrected chi connectivity index (χ1v) is 13.5. The molecule has 0 bridgehead atoms. The summed E-state index contributed by atoms with van der Waals surface area (Å²) in [7, 11) is 1.48. The summed E-state index contributed by atoms with van der Waals surface area (Å²) in [5, 5.41) is 4.15. The van der Waals surface area contributed by atoms with Gasteiger partial charge in [0.2, 0.25) is 0 Å². The lowest BCUT2D eigenvalue weighted by atomic mass is 10.1. The van der Waals surface area contributed by atoms with E-state index in [1.165, 1.54) is 31.4 Å². The molecular formula is C25H17BrCl2FN3O4S2. The lowest BCUT2D eigenvalue weighted by Gasteiger charge is -2.16. The molecule has 1 aliphatic heterocycles. The second kappa shape index (κ2) is 12.4. The van der Waals surface area contributed by atoms with Crippen molar-refractivity contribution < 1.29 is 23.5 Å². The zero-order chi connectivity index (χ0) is 27.4. The monoisotopic (exact) mass is 655 g/mol. The number of hydrogen-bond acceptors (Lipinski definition) is 6. The molecule has 0 aromatic heterocycles. The smallest absolute Gasteiger partial charge is 0.338 e. The van der Waals surface area contributed by atoms with Crippen molar-refractivity contribution in [2.24, 2.45) is 0 Å². The number of benzene rings is 3. The summed E-state index contributed by atoms with van der Waals surface area (Å²) in [4.78, 5) is 25.7. The zero-order valence-corrected chi connectivity index (χ0v) is 24.1. The number of anilines is 1. The lowest BCUT2D eigenvalue weighted by molar-refractivity contribution is -0.123. The van der Waals surface area contributed by atoms with Crippen molar-refractivity contribution in [2.45, 2.75) is 6.61 Å². The Morgan fingerprint density at radius 3 is 2.68 bits per heavy atom. The molecule has 1 saturated heterocycles. The maximum absolute atomic E-state index is 13.5. The third kappa shape index (κ3) is 6.78. The van der Waals surface area contributed by atoms with Gasteiger partial charge in [0.25, 0.3) is 5.91 Å². The van der Waals surface area contributed by atoms with E-state index in [0.717, 1.165) is 16.8 Å². The fraction of sp³-hybridized carbons (Fsp3) is 0.0800. The van der Waals surface area contributed by atoms with Gasteiger partial charge in [0.1, 0.15) is 12.4 Å². The Kier molecular flexibility index (Phi) is 9.16. The molecule has 1 aliphatic rings. The van der Waals surface area contributed by atoms with E-state index in [2.05, 4.69) is 26.7 Å². The van der Waals surface area contributed by atoms with Crippen molar-refractivity contribution >= 4 is 91.1 Å². The summed E-state index contributed by atoms with van der Waals surface area (Å²) in [5.41, 5.74) is 4.09. The Bertz CT molecular complexity index is 1470. The van der Waals surface area contributed by atoms with Gasteiger partial charge in [-0.25, -0.2) is 14.6 Å². The van der Waals surface area contributed by atoms with Crippen LogP contribution in [0.3, 0.4) is 0 Å². The van der Waals surface area contributed by atoms with Gasteiger partial charge in [-0.05, 0) is 87.8 Å². The van der Waals surface area contributed by atoms with Gasteiger partial charge in [-0.15, -0.1) is 0 Å². The number of carbonyl (C=O) groups excluding carboxylic acids is 2. The van der Waals surface area contributed by atoms with Gasteiger partial charge in [0.15, 0.2) is 15.8 Å². The first-order chi connectivity index (χ1) is 18.1. The molecule has 0 unspecified atom stereocenters.